The predicted molar refractivity (Wildman–Crippen MR) is 104 cm³/mol. The van der Waals surface area contributed by atoms with E-state index >= 15 is 0 Å². The van der Waals surface area contributed by atoms with Crippen molar-refractivity contribution < 1.29 is 13.2 Å². The Morgan fingerprint density at radius 2 is 2.00 bits per heavy atom. The van der Waals surface area contributed by atoms with Crippen molar-refractivity contribution in [1.82, 2.24) is 14.2 Å². The van der Waals surface area contributed by atoms with Gasteiger partial charge in [-0.05, 0) is 35.4 Å². The lowest BCUT2D eigenvalue weighted by atomic mass is 10.2. The molecule has 0 unspecified atom stereocenters. The Kier molecular flexibility index (Phi) is 5.75. The second-order valence-electron chi connectivity index (χ2n) is 5.96. The molecule has 8 heteroatoms. The minimum Gasteiger partial charge on any atom is -0.355 e. The zero-order valence-corrected chi connectivity index (χ0v) is 16.1. The average molecular weight is 392 g/mol. The fourth-order valence-corrected chi connectivity index (χ4v) is 5.05. The van der Waals surface area contributed by atoms with Gasteiger partial charge in [-0.25, -0.2) is 8.42 Å². The number of fused-ring (bicyclic) bond motifs is 1. The molecule has 0 spiro atoms. The van der Waals surface area contributed by atoms with Crippen molar-refractivity contribution in [3.63, 3.8) is 0 Å². The highest BCUT2D eigenvalue weighted by molar-refractivity contribution is 7.91. The third-order valence-electron chi connectivity index (χ3n) is 4.10. The first kappa shape index (κ1) is 18.6. The van der Waals surface area contributed by atoms with Gasteiger partial charge in [0.25, 0.3) is 10.0 Å². The number of nitrogens with zero attached hydrogens (tertiary/aromatic N) is 2. The molecular formula is C18H21N3O3S2. The fourth-order valence-electron chi connectivity index (χ4n) is 2.72. The molecule has 0 fully saturated rings. The maximum absolute atomic E-state index is 12.3. The number of carbonyl (C=O) groups excluding carboxylic acids is 1. The topological polar surface area (TPSA) is 71.4 Å². The normalized spacial score (nSPS) is 11.9. The summed E-state index contributed by atoms with van der Waals surface area (Å²) in [5.74, 6) is -0.301. The Labute approximate surface area is 157 Å². The molecule has 1 N–H and O–H groups in total. The van der Waals surface area contributed by atoms with E-state index in [2.05, 4.69) is 28.1 Å². The smallest absolute Gasteiger partial charge is 0.252 e. The predicted octanol–water partition coefficient (Wildman–Crippen LogP) is 2.53. The van der Waals surface area contributed by atoms with Gasteiger partial charge in [0, 0.05) is 31.9 Å². The Balaban J connectivity index is 1.46. The highest BCUT2D eigenvalue weighted by Crippen LogP contribution is 2.19. The van der Waals surface area contributed by atoms with Crippen LogP contribution in [0.15, 0.2) is 58.3 Å². The van der Waals surface area contributed by atoms with Crippen LogP contribution in [0.5, 0.6) is 0 Å². The molecule has 0 saturated carbocycles. The molecule has 0 saturated heterocycles. The van der Waals surface area contributed by atoms with Crippen molar-refractivity contribution in [1.29, 1.82) is 0 Å². The summed E-state index contributed by atoms with van der Waals surface area (Å²) < 4.78 is 28.1. The number of amides is 1. The van der Waals surface area contributed by atoms with Crippen LogP contribution in [-0.2, 0) is 21.4 Å². The number of carbonyl (C=O) groups is 1. The van der Waals surface area contributed by atoms with Gasteiger partial charge in [0.1, 0.15) is 4.21 Å². The van der Waals surface area contributed by atoms with Crippen LogP contribution in [0.25, 0.3) is 10.9 Å². The van der Waals surface area contributed by atoms with Gasteiger partial charge in [0.05, 0.1) is 6.54 Å². The van der Waals surface area contributed by atoms with Crippen LogP contribution in [0.2, 0.25) is 0 Å². The van der Waals surface area contributed by atoms with E-state index in [1.54, 1.807) is 11.4 Å². The first-order chi connectivity index (χ1) is 12.5. The number of rotatable bonds is 8. The van der Waals surface area contributed by atoms with Crippen LogP contribution in [0, 0.1) is 0 Å². The van der Waals surface area contributed by atoms with Gasteiger partial charge in [-0.2, -0.15) is 4.31 Å². The molecule has 3 aromatic rings. The molecule has 0 bridgehead atoms. The quantitative estimate of drug-likeness (QED) is 0.600. The van der Waals surface area contributed by atoms with Crippen LogP contribution in [0.4, 0.5) is 0 Å². The molecule has 0 aliphatic heterocycles. The van der Waals surface area contributed by atoms with E-state index < -0.39 is 10.0 Å². The summed E-state index contributed by atoms with van der Waals surface area (Å²) in [4.78, 5) is 12.0. The minimum absolute atomic E-state index is 0.188. The molecular weight excluding hydrogens is 370 g/mol. The van der Waals surface area contributed by atoms with E-state index in [-0.39, 0.29) is 16.7 Å². The highest BCUT2D eigenvalue weighted by Gasteiger charge is 2.23. The lowest BCUT2D eigenvalue weighted by Gasteiger charge is -2.15. The van der Waals surface area contributed by atoms with Crippen molar-refractivity contribution in [2.45, 2.75) is 17.2 Å². The number of aromatic nitrogens is 1. The van der Waals surface area contributed by atoms with E-state index in [4.69, 9.17) is 0 Å². The SMILES string of the molecule is CN(CC(=O)NCCCn1ccc2ccccc21)S(=O)(=O)c1cccs1. The first-order valence-electron chi connectivity index (χ1n) is 8.29. The Hall–Kier alpha value is -2.16. The van der Waals surface area contributed by atoms with E-state index in [1.165, 1.54) is 24.0 Å². The molecule has 0 aliphatic carbocycles. The number of hydrogen-bond donors (Lipinski definition) is 1. The van der Waals surface area contributed by atoms with Crippen LogP contribution >= 0.6 is 11.3 Å². The number of thiophene rings is 1. The molecule has 138 valence electrons. The summed E-state index contributed by atoms with van der Waals surface area (Å²) in [7, 11) is -2.18. The average Bonchev–Trinajstić information content (AvgIpc) is 3.29. The molecule has 1 aromatic carbocycles. The molecule has 1 amide bonds. The van der Waals surface area contributed by atoms with E-state index in [0.717, 1.165) is 28.6 Å². The van der Waals surface area contributed by atoms with Gasteiger partial charge in [-0.15, -0.1) is 11.3 Å². The van der Waals surface area contributed by atoms with Crippen LogP contribution in [-0.4, -0.2) is 43.3 Å². The van der Waals surface area contributed by atoms with Crippen molar-refractivity contribution in [3.8, 4) is 0 Å². The van der Waals surface area contributed by atoms with Gasteiger partial charge < -0.3 is 9.88 Å². The van der Waals surface area contributed by atoms with Gasteiger partial charge in [-0.3, -0.25) is 4.79 Å². The van der Waals surface area contributed by atoms with Crippen LogP contribution in [0.1, 0.15) is 6.42 Å². The number of hydrogen-bond acceptors (Lipinski definition) is 4. The number of likely N-dealkylation sites (N-methyl/N-ethyl adjacent to an activating group) is 1. The largest absolute Gasteiger partial charge is 0.355 e. The summed E-state index contributed by atoms with van der Waals surface area (Å²) in [6.45, 7) is 1.10. The second kappa shape index (κ2) is 8.03. The molecule has 3 rings (SSSR count). The van der Waals surface area contributed by atoms with E-state index in [0.29, 0.717) is 6.54 Å². The Bertz CT molecular complexity index is 978. The molecule has 0 atom stereocenters. The van der Waals surface area contributed by atoms with E-state index in [9.17, 15) is 13.2 Å². The molecule has 0 aliphatic rings. The molecule has 2 heterocycles. The summed E-state index contributed by atoms with van der Waals surface area (Å²) in [5, 5.41) is 5.68. The molecule has 26 heavy (non-hydrogen) atoms. The summed E-state index contributed by atoms with van der Waals surface area (Å²) in [5.41, 5.74) is 1.17. The third-order valence-corrected chi connectivity index (χ3v) is 7.28. The van der Waals surface area contributed by atoms with Crippen molar-refractivity contribution >= 4 is 38.2 Å². The number of para-hydroxylation sites is 1. The van der Waals surface area contributed by atoms with Crippen molar-refractivity contribution in [3.05, 3.63) is 54.0 Å². The zero-order chi connectivity index (χ0) is 18.6. The van der Waals surface area contributed by atoms with Crippen LogP contribution in [0.3, 0.4) is 0 Å². The molecule has 6 nitrogen and oxygen atoms in total. The van der Waals surface area contributed by atoms with Crippen LogP contribution < -0.4 is 5.32 Å². The minimum atomic E-state index is -3.59. The third kappa shape index (κ3) is 4.14. The second-order valence-corrected chi connectivity index (χ2v) is 9.18. The van der Waals surface area contributed by atoms with Crippen molar-refractivity contribution in [2.75, 3.05) is 20.1 Å². The van der Waals surface area contributed by atoms with Gasteiger partial charge in [0.2, 0.25) is 5.91 Å². The maximum Gasteiger partial charge on any atom is 0.252 e. The van der Waals surface area contributed by atoms with Gasteiger partial charge in [-0.1, -0.05) is 24.3 Å². The number of nitrogens with one attached hydrogen (secondary N) is 1. The molecule has 0 radical (unpaired) electrons. The Morgan fingerprint density at radius 3 is 2.77 bits per heavy atom. The highest BCUT2D eigenvalue weighted by atomic mass is 32.2. The summed E-state index contributed by atoms with van der Waals surface area (Å²) in [6.07, 6.45) is 2.81. The maximum atomic E-state index is 12.3. The molecule has 2 aromatic heterocycles. The van der Waals surface area contributed by atoms with Gasteiger partial charge >= 0.3 is 0 Å². The first-order valence-corrected chi connectivity index (χ1v) is 10.6. The van der Waals surface area contributed by atoms with E-state index in [1.807, 2.05) is 18.3 Å². The summed E-state index contributed by atoms with van der Waals surface area (Å²) >= 11 is 1.14. The fraction of sp³-hybridized carbons (Fsp3) is 0.278. The Morgan fingerprint density at radius 1 is 1.19 bits per heavy atom. The zero-order valence-electron chi connectivity index (χ0n) is 14.5. The lowest BCUT2D eigenvalue weighted by Crippen LogP contribution is -2.38. The summed E-state index contributed by atoms with van der Waals surface area (Å²) in [6, 6.07) is 13.4. The lowest BCUT2D eigenvalue weighted by molar-refractivity contribution is -0.121. The monoisotopic (exact) mass is 391 g/mol. The van der Waals surface area contributed by atoms with Crippen molar-refractivity contribution in [2.24, 2.45) is 0 Å². The number of sulfonamides is 1. The van der Waals surface area contributed by atoms with Gasteiger partial charge in [0.15, 0.2) is 0 Å². The number of aryl methyl sites for hydroxylation is 1. The number of benzene rings is 1. The standard InChI is InChI=1S/C18H21N3O3S2/c1-20(26(23,24)18-8-4-13-25-18)14-17(22)19-10-5-11-21-12-9-15-6-2-3-7-16(15)21/h2-4,6-9,12-13H,5,10-11,14H2,1H3,(H,19,22).